The van der Waals surface area contributed by atoms with E-state index in [2.05, 4.69) is 10.6 Å². The second-order valence-electron chi connectivity index (χ2n) is 6.41. The predicted octanol–water partition coefficient (Wildman–Crippen LogP) is 1.63. The van der Waals surface area contributed by atoms with Crippen LogP contribution in [-0.2, 0) is 9.59 Å². The lowest BCUT2D eigenvalue weighted by Crippen LogP contribution is -2.47. The molecule has 0 bridgehead atoms. The molecule has 0 aliphatic carbocycles. The van der Waals surface area contributed by atoms with E-state index in [4.69, 9.17) is 5.73 Å². The summed E-state index contributed by atoms with van der Waals surface area (Å²) in [6, 6.07) is 2.25. The van der Waals surface area contributed by atoms with Crippen LogP contribution in [0.2, 0.25) is 0 Å². The van der Waals surface area contributed by atoms with Crippen molar-refractivity contribution in [3.05, 3.63) is 35.4 Å². The van der Waals surface area contributed by atoms with Gasteiger partial charge in [-0.15, -0.1) is 24.8 Å². The van der Waals surface area contributed by atoms with Crippen molar-refractivity contribution >= 4 is 36.6 Å². The number of amides is 2. The van der Waals surface area contributed by atoms with Crippen molar-refractivity contribution in [1.82, 2.24) is 15.5 Å². The van der Waals surface area contributed by atoms with Gasteiger partial charge in [-0.2, -0.15) is 0 Å². The maximum Gasteiger partial charge on any atom is 0.239 e. The highest BCUT2D eigenvalue weighted by molar-refractivity contribution is 5.87. The van der Waals surface area contributed by atoms with E-state index in [0.29, 0.717) is 0 Å². The summed E-state index contributed by atoms with van der Waals surface area (Å²) in [6.45, 7) is 3.35. The third-order valence-electron chi connectivity index (χ3n) is 3.89. The number of hydrogen-bond acceptors (Lipinski definition) is 4. The van der Waals surface area contributed by atoms with Gasteiger partial charge < -0.3 is 21.3 Å². The van der Waals surface area contributed by atoms with E-state index >= 15 is 0 Å². The molecule has 0 saturated carbocycles. The highest BCUT2D eigenvalue weighted by atomic mass is 35.5. The quantitative estimate of drug-likeness (QED) is 0.586. The van der Waals surface area contributed by atoms with Gasteiger partial charge in [-0.3, -0.25) is 9.59 Å². The minimum Gasteiger partial charge on any atom is -0.353 e. The first-order valence-corrected chi connectivity index (χ1v) is 8.05. The van der Waals surface area contributed by atoms with Gasteiger partial charge >= 0.3 is 0 Å². The van der Waals surface area contributed by atoms with Crippen molar-refractivity contribution < 1.29 is 18.4 Å². The van der Waals surface area contributed by atoms with Gasteiger partial charge in [0.2, 0.25) is 11.8 Å². The van der Waals surface area contributed by atoms with E-state index in [1.807, 2.05) is 0 Å². The van der Waals surface area contributed by atoms with Gasteiger partial charge in [-0.05, 0) is 32.1 Å². The van der Waals surface area contributed by atoms with Crippen molar-refractivity contribution in [3.63, 3.8) is 0 Å². The smallest absolute Gasteiger partial charge is 0.239 e. The van der Waals surface area contributed by atoms with Crippen molar-refractivity contribution in [3.8, 4) is 0 Å². The maximum absolute atomic E-state index is 14.0. The molecule has 0 aromatic heterocycles. The molecule has 4 N–H and O–H groups in total. The molecule has 1 aromatic carbocycles. The van der Waals surface area contributed by atoms with Crippen LogP contribution in [0.5, 0.6) is 0 Å². The molecule has 10 heteroatoms. The molecule has 0 aliphatic heterocycles. The van der Waals surface area contributed by atoms with Gasteiger partial charge in [0.1, 0.15) is 11.6 Å². The molecule has 27 heavy (non-hydrogen) atoms. The number of likely N-dealkylation sites (N-methyl/N-ethyl adjacent to an activating group) is 1. The van der Waals surface area contributed by atoms with E-state index < -0.39 is 35.5 Å². The molecule has 0 radical (unpaired) electrons. The second kappa shape index (κ2) is 12.8. The van der Waals surface area contributed by atoms with Gasteiger partial charge in [0.05, 0.1) is 18.6 Å². The monoisotopic (exact) mass is 428 g/mol. The summed E-state index contributed by atoms with van der Waals surface area (Å²) >= 11 is 0. The fourth-order valence-electron chi connectivity index (χ4n) is 2.23. The van der Waals surface area contributed by atoms with E-state index in [0.717, 1.165) is 0 Å². The first kappa shape index (κ1) is 27.7. The summed E-state index contributed by atoms with van der Waals surface area (Å²) in [6.07, 6.45) is 0. The minimum atomic E-state index is -0.699. The molecule has 156 valence electrons. The number of carbonyl (C=O) groups excluding carboxylic acids is 2. The van der Waals surface area contributed by atoms with Crippen LogP contribution in [0.3, 0.4) is 0 Å². The lowest BCUT2D eigenvalue weighted by atomic mass is 10.0. The van der Waals surface area contributed by atoms with Crippen LogP contribution < -0.4 is 16.4 Å². The molecule has 1 unspecified atom stereocenters. The summed E-state index contributed by atoms with van der Waals surface area (Å²) in [7, 11) is 3.32. The largest absolute Gasteiger partial charge is 0.353 e. The Morgan fingerprint density at radius 3 is 2.07 bits per heavy atom. The Labute approximate surface area is 171 Å². The van der Waals surface area contributed by atoms with Crippen LogP contribution in [0, 0.1) is 17.6 Å². The number of carbonyl (C=O) groups is 2. The maximum atomic E-state index is 14.0. The van der Waals surface area contributed by atoms with Crippen LogP contribution in [0.25, 0.3) is 0 Å². The van der Waals surface area contributed by atoms with Gasteiger partial charge in [-0.25, -0.2) is 8.78 Å². The Bertz CT molecular complexity index is 598. The fourth-order valence-corrected chi connectivity index (χ4v) is 2.23. The number of nitrogens with two attached hydrogens (primary N) is 1. The SMILES string of the molecule is CC(C)[C@H](N)C(=O)NCC(=O)NCC(c1c(F)cccc1F)N(C)C.Cl.Cl. The normalized spacial score (nSPS) is 12.6. The van der Waals surface area contributed by atoms with Gasteiger partial charge in [-0.1, -0.05) is 19.9 Å². The Balaban J connectivity index is 0. The van der Waals surface area contributed by atoms with Gasteiger partial charge in [0.25, 0.3) is 0 Å². The number of hydrogen-bond donors (Lipinski definition) is 3. The van der Waals surface area contributed by atoms with Crippen LogP contribution in [0.4, 0.5) is 8.78 Å². The zero-order chi connectivity index (χ0) is 19.1. The van der Waals surface area contributed by atoms with Gasteiger partial charge in [0, 0.05) is 12.1 Å². The summed E-state index contributed by atoms with van der Waals surface area (Å²) in [4.78, 5) is 25.2. The molecule has 0 fully saturated rings. The number of rotatable bonds is 8. The molecule has 1 rings (SSSR count). The molecule has 0 heterocycles. The van der Waals surface area contributed by atoms with Crippen molar-refractivity contribution in [2.24, 2.45) is 11.7 Å². The number of benzene rings is 1. The molecule has 0 aliphatic rings. The van der Waals surface area contributed by atoms with E-state index in [1.54, 1.807) is 32.8 Å². The van der Waals surface area contributed by atoms with Crippen molar-refractivity contribution in [1.29, 1.82) is 0 Å². The highest BCUT2D eigenvalue weighted by Crippen LogP contribution is 2.23. The van der Waals surface area contributed by atoms with Crippen molar-refractivity contribution in [2.45, 2.75) is 25.9 Å². The average molecular weight is 429 g/mol. The predicted molar refractivity (Wildman–Crippen MR) is 106 cm³/mol. The standard InChI is InChI=1S/C17H26F2N4O2.2ClH/c1-10(2)16(20)17(25)22-9-14(24)21-8-13(23(3)4)15-11(18)6-5-7-12(15)19;;/h5-7,10,13,16H,8-9,20H2,1-4H3,(H,21,24)(H,22,25);2*1H/t13?,16-;;/m0../s1. The lowest BCUT2D eigenvalue weighted by molar-refractivity contribution is -0.127. The summed E-state index contributed by atoms with van der Waals surface area (Å²) in [5, 5.41) is 5.01. The topological polar surface area (TPSA) is 87.5 Å². The Hall–Kier alpha value is -1.48. The van der Waals surface area contributed by atoms with E-state index in [1.165, 1.54) is 18.2 Å². The van der Waals surface area contributed by atoms with Gasteiger partial charge in [0.15, 0.2) is 0 Å². The molecule has 2 amide bonds. The fraction of sp³-hybridized carbons (Fsp3) is 0.529. The van der Waals surface area contributed by atoms with E-state index in [9.17, 15) is 18.4 Å². The van der Waals surface area contributed by atoms with Crippen LogP contribution >= 0.6 is 24.8 Å². The summed E-state index contributed by atoms with van der Waals surface area (Å²) < 4.78 is 27.9. The van der Waals surface area contributed by atoms with Crippen LogP contribution in [0.1, 0.15) is 25.5 Å². The zero-order valence-corrected chi connectivity index (χ0v) is 17.4. The molecule has 6 nitrogen and oxygen atoms in total. The number of nitrogens with zero attached hydrogens (tertiary/aromatic N) is 1. The lowest BCUT2D eigenvalue weighted by Gasteiger charge is -2.26. The summed E-state index contributed by atoms with van der Waals surface area (Å²) in [5.41, 5.74) is 5.57. The molecular weight excluding hydrogens is 401 g/mol. The molecule has 1 aromatic rings. The van der Waals surface area contributed by atoms with Crippen molar-refractivity contribution in [2.75, 3.05) is 27.2 Å². The third-order valence-corrected chi connectivity index (χ3v) is 3.89. The second-order valence-corrected chi connectivity index (χ2v) is 6.41. The van der Waals surface area contributed by atoms with Crippen LogP contribution in [0.15, 0.2) is 18.2 Å². The molecule has 0 saturated heterocycles. The zero-order valence-electron chi connectivity index (χ0n) is 15.8. The first-order chi connectivity index (χ1) is 11.6. The highest BCUT2D eigenvalue weighted by Gasteiger charge is 2.23. The molecule has 2 atom stereocenters. The Morgan fingerprint density at radius 1 is 1.11 bits per heavy atom. The Morgan fingerprint density at radius 2 is 1.63 bits per heavy atom. The Kier molecular flexibility index (Phi) is 13.2. The minimum absolute atomic E-state index is 0. The molecule has 0 spiro atoms. The average Bonchev–Trinajstić information content (AvgIpc) is 2.53. The first-order valence-electron chi connectivity index (χ1n) is 8.05. The summed E-state index contributed by atoms with van der Waals surface area (Å²) in [5.74, 6) is -2.29. The number of halogens is 4. The van der Waals surface area contributed by atoms with E-state index in [-0.39, 0.29) is 49.4 Å². The molecular formula is C17H28Cl2F2N4O2. The number of nitrogens with one attached hydrogen (secondary N) is 2. The third kappa shape index (κ3) is 8.38. The van der Waals surface area contributed by atoms with Crippen LogP contribution in [-0.4, -0.2) is 49.9 Å².